The first-order valence-corrected chi connectivity index (χ1v) is 9.68. The number of carbonyl (C=O) groups excluding carboxylic acids is 3. The summed E-state index contributed by atoms with van der Waals surface area (Å²) in [4.78, 5) is 39.0. The largest absolute Gasteiger partial charge is 0.465 e. The minimum absolute atomic E-state index is 0.132. The minimum Gasteiger partial charge on any atom is -0.465 e. The average molecular weight is 405 g/mol. The van der Waals surface area contributed by atoms with Crippen molar-refractivity contribution in [2.45, 2.75) is 54.0 Å². The molecule has 0 fully saturated rings. The van der Waals surface area contributed by atoms with Gasteiger partial charge in [-0.3, -0.25) is 14.4 Å². The van der Waals surface area contributed by atoms with Gasteiger partial charge < -0.3 is 19.1 Å². The van der Waals surface area contributed by atoms with Gasteiger partial charge in [-0.2, -0.15) is 0 Å². The van der Waals surface area contributed by atoms with Crippen molar-refractivity contribution in [3.8, 4) is 11.5 Å². The fraction of sp³-hybridized carbons (Fsp3) is 0.591. The van der Waals surface area contributed by atoms with Gasteiger partial charge in [0, 0.05) is 24.4 Å². The number of amides is 1. The lowest BCUT2D eigenvalue weighted by molar-refractivity contribution is -0.157. The monoisotopic (exact) mass is 405 g/mol. The van der Waals surface area contributed by atoms with E-state index in [1.54, 1.807) is 52.9 Å². The zero-order valence-corrected chi connectivity index (χ0v) is 18.3. The molecule has 1 amide bonds. The quantitative estimate of drug-likeness (QED) is 0.510. The van der Waals surface area contributed by atoms with E-state index in [9.17, 15) is 14.4 Å². The molecule has 29 heavy (non-hydrogen) atoms. The third kappa shape index (κ3) is 5.71. The van der Waals surface area contributed by atoms with Crippen LogP contribution in [-0.2, 0) is 14.3 Å². The molecule has 0 unspecified atom stereocenters. The number of likely N-dealkylation sites (N-methyl/N-ethyl adjacent to an activating group) is 1. The maximum atomic E-state index is 12.8. The number of nitrogens with zero attached hydrogens (tertiary/aromatic N) is 1. The molecule has 160 valence electrons. The predicted molar refractivity (Wildman–Crippen MR) is 108 cm³/mol. The molecule has 0 radical (unpaired) electrons. The lowest BCUT2D eigenvalue weighted by Crippen LogP contribution is -2.42. The first-order valence-electron chi connectivity index (χ1n) is 9.68. The summed E-state index contributed by atoms with van der Waals surface area (Å²) in [5.74, 6) is 0.446. The van der Waals surface area contributed by atoms with Gasteiger partial charge in [0.05, 0.1) is 18.1 Å². The zero-order chi connectivity index (χ0) is 22.0. The Morgan fingerprint density at radius 1 is 1.10 bits per heavy atom. The molecule has 1 aliphatic rings. The maximum Gasteiger partial charge on any atom is 0.311 e. The normalized spacial score (nSPS) is 14.3. The average Bonchev–Trinajstić information content (AvgIpc) is 3.10. The van der Waals surface area contributed by atoms with Crippen LogP contribution in [0.4, 0.5) is 0 Å². The number of fused-ring (bicyclic) bond motifs is 1. The molecule has 1 atom stereocenters. The Hall–Kier alpha value is -2.57. The lowest BCUT2D eigenvalue weighted by atomic mass is 9.89. The van der Waals surface area contributed by atoms with Gasteiger partial charge >= 0.3 is 5.97 Å². The van der Waals surface area contributed by atoms with Gasteiger partial charge in [-0.15, -0.1) is 0 Å². The Morgan fingerprint density at radius 3 is 2.34 bits per heavy atom. The summed E-state index contributed by atoms with van der Waals surface area (Å²) in [5.41, 5.74) is -0.685. The van der Waals surface area contributed by atoms with E-state index in [0.717, 1.165) is 0 Å². The number of ether oxygens (including phenoxy) is 3. The van der Waals surface area contributed by atoms with Crippen molar-refractivity contribution in [3.63, 3.8) is 0 Å². The van der Waals surface area contributed by atoms with Crippen molar-refractivity contribution in [2.75, 3.05) is 20.4 Å². The van der Waals surface area contributed by atoms with E-state index in [1.807, 2.05) is 13.8 Å². The molecule has 7 nitrogen and oxygen atoms in total. The molecular formula is C22H31NO6. The third-order valence-corrected chi connectivity index (χ3v) is 4.85. The van der Waals surface area contributed by atoms with E-state index in [-0.39, 0.29) is 37.5 Å². The second kappa shape index (κ2) is 8.43. The Kier molecular flexibility index (Phi) is 6.60. The molecule has 1 aromatic rings. The number of rotatable bonds is 7. The number of esters is 1. The predicted octanol–water partition coefficient (Wildman–Crippen LogP) is 3.45. The van der Waals surface area contributed by atoms with Crippen molar-refractivity contribution in [1.29, 1.82) is 0 Å². The van der Waals surface area contributed by atoms with Gasteiger partial charge in [-0.1, -0.05) is 13.8 Å². The highest BCUT2D eigenvalue weighted by atomic mass is 16.7. The summed E-state index contributed by atoms with van der Waals surface area (Å²) in [7, 11) is 1.61. The van der Waals surface area contributed by atoms with Gasteiger partial charge in [-0.25, -0.2) is 0 Å². The number of hydrogen-bond acceptors (Lipinski definition) is 6. The van der Waals surface area contributed by atoms with Crippen LogP contribution in [0.15, 0.2) is 18.2 Å². The highest BCUT2D eigenvalue weighted by molar-refractivity contribution is 6.02. The molecular weight excluding hydrogens is 374 g/mol. The molecule has 7 heteroatoms. The maximum absolute atomic E-state index is 12.8. The smallest absolute Gasteiger partial charge is 0.311 e. The van der Waals surface area contributed by atoms with Crippen molar-refractivity contribution < 1.29 is 28.6 Å². The van der Waals surface area contributed by atoms with Crippen LogP contribution in [0.2, 0.25) is 0 Å². The van der Waals surface area contributed by atoms with E-state index in [2.05, 4.69) is 0 Å². The SMILES string of the molecule is C[C@@H](C(=O)c1ccc2c(c1)OCO2)N(C)C(=O)CC(C)(C)COC(=O)C(C)(C)C. The Morgan fingerprint density at radius 2 is 1.72 bits per heavy atom. The summed E-state index contributed by atoms with van der Waals surface area (Å²) in [6, 6.07) is 4.35. The van der Waals surface area contributed by atoms with Crippen LogP contribution in [0, 0.1) is 10.8 Å². The second-order valence-electron chi connectivity index (χ2n) is 9.28. The second-order valence-corrected chi connectivity index (χ2v) is 9.28. The lowest BCUT2D eigenvalue weighted by Gasteiger charge is -2.30. The van der Waals surface area contributed by atoms with Crippen molar-refractivity contribution in [2.24, 2.45) is 10.8 Å². The number of benzene rings is 1. The molecule has 0 spiro atoms. The molecule has 0 saturated heterocycles. The Balaban J connectivity index is 1.97. The molecule has 0 aromatic heterocycles. The van der Waals surface area contributed by atoms with E-state index in [0.29, 0.717) is 17.1 Å². The molecule has 2 rings (SSSR count). The van der Waals surface area contributed by atoms with Crippen LogP contribution in [0.1, 0.15) is 58.3 Å². The van der Waals surface area contributed by atoms with Crippen molar-refractivity contribution >= 4 is 17.7 Å². The van der Waals surface area contributed by atoms with Gasteiger partial charge in [-0.05, 0) is 45.9 Å². The topological polar surface area (TPSA) is 82.1 Å². The van der Waals surface area contributed by atoms with Gasteiger partial charge in [0.1, 0.15) is 0 Å². The van der Waals surface area contributed by atoms with Crippen LogP contribution in [0.25, 0.3) is 0 Å². The number of ketones is 1. The molecule has 1 aliphatic heterocycles. The summed E-state index contributed by atoms with van der Waals surface area (Å²) >= 11 is 0. The van der Waals surface area contributed by atoms with Gasteiger partial charge in [0.15, 0.2) is 17.3 Å². The van der Waals surface area contributed by atoms with E-state index < -0.39 is 16.9 Å². The summed E-state index contributed by atoms with van der Waals surface area (Å²) in [6.45, 7) is 11.0. The first-order chi connectivity index (χ1) is 13.3. The van der Waals surface area contributed by atoms with Crippen LogP contribution < -0.4 is 9.47 Å². The number of hydrogen-bond donors (Lipinski definition) is 0. The molecule has 1 heterocycles. The van der Waals surface area contributed by atoms with Crippen molar-refractivity contribution in [3.05, 3.63) is 23.8 Å². The molecule has 0 saturated carbocycles. The van der Waals surface area contributed by atoms with E-state index in [1.165, 1.54) is 4.90 Å². The van der Waals surface area contributed by atoms with E-state index in [4.69, 9.17) is 14.2 Å². The Bertz CT molecular complexity index is 793. The minimum atomic E-state index is -0.643. The molecule has 0 N–H and O–H groups in total. The highest BCUT2D eigenvalue weighted by Gasteiger charge is 2.32. The number of Topliss-reactive ketones (excluding diaryl/α,β-unsaturated/α-hetero) is 1. The fourth-order valence-corrected chi connectivity index (χ4v) is 2.75. The summed E-state index contributed by atoms with van der Waals surface area (Å²) in [6.07, 6.45) is 0.152. The molecule has 1 aromatic carbocycles. The standard InChI is InChI=1S/C22H31NO6/c1-14(19(25)15-8-9-16-17(10-15)29-13-28-16)23(7)18(24)11-22(5,6)12-27-20(26)21(2,3)4/h8-10,14H,11-13H2,1-7H3/t14-/m0/s1. The first kappa shape index (κ1) is 22.7. The van der Waals surface area contributed by atoms with Crippen LogP contribution >= 0.6 is 0 Å². The molecule has 0 aliphatic carbocycles. The third-order valence-electron chi connectivity index (χ3n) is 4.85. The van der Waals surface area contributed by atoms with Crippen molar-refractivity contribution in [1.82, 2.24) is 4.90 Å². The van der Waals surface area contributed by atoms with Gasteiger partial charge in [0.2, 0.25) is 12.7 Å². The summed E-state index contributed by atoms with van der Waals surface area (Å²) < 4.78 is 15.9. The highest BCUT2D eigenvalue weighted by Crippen LogP contribution is 2.33. The van der Waals surface area contributed by atoms with Gasteiger partial charge in [0.25, 0.3) is 0 Å². The molecule has 0 bridgehead atoms. The zero-order valence-electron chi connectivity index (χ0n) is 18.3. The fourth-order valence-electron chi connectivity index (χ4n) is 2.75. The van der Waals surface area contributed by atoms with Crippen LogP contribution in [-0.4, -0.2) is 49.0 Å². The Labute approximate surface area is 172 Å². The van der Waals surface area contributed by atoms with Crippen LogP contribution in [0.3, 0.4) is 0 Å². The van der Waals surface area contributed by atoms with Crippen LogP contribution in [0.5, 0.6) is 11.5 Å². The number of carbonyl (C=O) groups is 3. The summed E-state index contributed by atoms with van der Waals surface area (Å²) in [5, 5.41) is 0. The van der Waals surface area contributed by atoms with E-state index >= 15 is 0 Å².